The Morgan fingerprint density at radius 1 is 1.40 bits per heavy atom. The highest BCUT2D eigenvalue weighted by Gasteiger charge is 2.39. The number of nitrogens with zero attached hydrogens (tertiary/aromatic N) is 1. The van der Waals surface area contributed by atoms with Crippen LogP contribution in [0.15, 0.2) is 0 Å². The first-order chi connectivity index (χ1) is 9.52. The number of methoxy groups -OCH3 is 1. The molecule has 1 saturated carbocycles. The van der Waals surface area contributed by atoms with E-state index in [2.05, 4.69) is 10.1 Å². The molecular formula is C12H18N2O6. The molecule has 0 spiro atoms. The summed E-state index contributed by atoms with van der Waals surface area (Å²) in [6.45, 7) is 0.597. The number of rotatable bonds is 4. The number of aliphatic carboxylic acids is 1. The zero-order valence-electron chi connectivity index (χ0n) is 11.2. The highest BCUT2D eigenvalue weighted by Crippen LogP contribution is 2.32. The zero-order chi connectivity index (χ0) is 14.7. The van der Waals surface area contributed by atoms with Gasteiger partial charge in [-0.2, -0.15) is 0 Å². The van der Waals surface area contributed by atoms with Gasteiger partial charge in [0.15, 0.2) is 6.10 Å². The van der Waals surface area contributed by atoms with Gasteiger partial charge in [-0.25, -0.2) is 14.4 Å². The number of ether oxygens (including phenoxy) is 2. The predicted octanol–water partition coefficient (Wildman–Crippen LogP) is -0.567. The van der Waals surface area contributed by atoms with E-state index in [0.717, 1.165) is 12.8 Å². The van der Waals surface area contributed by atoms with Gasteiger partial charge in [-0.1, -0.05) is 0 Å². The first kappa shape index (κ1) is 14.6. The van der Waals surface area contributed by atoms with Gasteiger partial charge in [-0.15, -0.1) is 0 Å². The number of hydrogen-bond donors (Lipinski definition) is 2. The Kier molecular flexibility index (Phi) is 4.43. The van der Waals surface area contributed by atoms with Crippen LogP contribution in [0.1, 0.15) is 12.8 Å². The Balaban J connectivity index is 1.91. The number of urea groups is 1. The van der Waals surface area contributed by atoms with Gasteiger partial charge in [0.1, 0.15) is 6.04 Å². The van der Waals surface area contributed by atoms with E-state index in [4.69, 9.17) is 9.84 Å². The monoisotopic (exact) mass is 286 g/mol. The molecule has 2 rings (SSSR count). The van der Waals surface area contributed by atoms with Crippen molar-refractivity contribution >= 4 is 18.0 Å². The Hall–Kier alpha value is -1.83. The zero-order valence-corrected chi connectivity index (χ0v) is 11.2. The van der Waals surface area contributed by atoms with Gasteiger partial charge in [0.05, 0.1) is 20.3 Å². The molecule has 2 amide bonds. The highest BCUT2D eigenvalue weighted by molar-refractivity contribution is 5.84. The van der Waals surface area contributed by atoms with Gasteiger partial charge in [-0.05, 0) is 18.8 Å². The standard InChI is InChI=1S/C12H18N2O6/c1-19-11(17)8-6-14(4-5-20-8)12(18)13-9(10(15)16)7-2-3-7/h7-9H,2-6H2,1H3,(H,13,18)(H,15,16). The minimum atomic E-state index is -1.03. The van der Waals surface area contributed by atoms with Crippen LogP contribution in [0.2, 0.25) is 0 Å². The minimum absolute atomic E-state index is 0.00824. The summed E-state index contributed by atoms with van der Waals surface area (Å²) in [4.78, 5) is 35.9. The van der Waals surface area contributed by atoms with Gasteiger partial charge in [0, 0.05) is 6.54 Å². The molecule has 1 heterocycles. The molecule has 0 aromatic carbocycles. The number of morpholine rings is 1. The number of carboxylic acid groups (broad SMARTS) is 1. The van der Waals surface area contributed by atoms with Crippen LogP contribution >= 0.6 is 0 Å². The second-order valence-corrected chi connectivity index (χ2v) is 4.93. The SMILES string of the molecule is COC(=O)C1CN(C(=O)NC(C(=O)O)C2CC2)CCO1. The van der Waals surface area contributed by atoms with Crippen LogP contribution in [0.5, 0.6) is 0 Å². The van der Waals surface area contributed by atoms with Crippen molar-refractivity contribution in [3.63, 3.8) is 0 Å². The summed E-state index contributed by atoms with van der Waals surface area (Å²) in [5.41, 5.74) is 0. The summed E-state index contributed by atoms with van der Waals surface area (Å²) < 4.78 is 9.78. The second-order valence-electron chi connectivity index (χ2n) is 4.93. The molecule has 2 N–H and O–H groups in total. The van der Waals surface area contributed by atoms with Crippen LogP contribution in [0, 0.1) is 5.92 Å². The molecule has 2 fully saturated rings. The number of carbonyl (C=O) groups excluding carboxylic acids is 2. The second kappa shape index (κ2) is 6.08. The maximum Gasteiger partial charge on any atom is 0.336 e. The van der Waals surface area contributed by atoms with E-state index >= 15 is 0 Å². The third kappa shape index (κ3) is 3.38. The molecule has 0 aromatic heterocycles. The lowest BCUT2D eigenvalue weighted by Crippen LogP contribution is -2.55. The smallest absolute Gasteiger partial charge is 0.336 e. The van der Waals surface area contributed by atoms with E-state index in [1.54, 1.807) is 0 Å². The van der Waals surface area contributed by atoms with Crippen LogP contribution in [-0.2, 0) is 19.1 Å². The lowest BCUT2D eigenvalue weighted by atomic mass is 10.2. The number of nitrogens with one attached hydrogen (secondary N) is 1. The van der Waals surface area contributed by atoms with Crippen molar-refractivity contribution in [3.05, 3.63) is 0 Å². The van der Waals surface area contributed by atoms with Crippen LogP contribution in [0.25, 0.3) is 0 Å². The summed E-state index contributed by atoms with van der Waals surface area (Å²) in [5.74, 6) is -1.56. The van der Waals surface area contributed by atoms with Gasteiger partial charge < -0.3 is 24.8 Å². The molecule has 8 heteroatoms. The number of carbonyl (C=O) groups is 3. The van der Waals surface area contributed by atoms with Gasteiger partial charge in [0.25, 0.3) is 0 Å². The summed E-state index contributed by atoms with van der Waals surface area (Å²) >= 11 is 0. The first-order valence-corrected chi connectivity index (χ1v) is 6.50. The molecule has 0 radical (unpaired) electrons. The van der Waals surface area contributed by atoms with Gasteiger partial charge in [0.2, 0.25) is 0 Å². The van der Waals surface area contributed by atoms with Crippen LogP contribution < -0.4 is 5.32 Å². The lowest BCUT2D eigenvalue weighted by Gasteiger charge is -2.32. The van der Waals surface area contributed by atoms with Gasteiger partial charge >= 0.3 is 18.0 Å². The molecule has 2 unspecified atom stereocenters. The Morgan fingerprint density at radius 2 is 2.10 bits per heavy atom. The normalized spacial score (nSPS) is 23.9. The molecular weight excluding hydrogens is 268 g/mol. The maximum atomic E-state index is 12.0. The minimum Gasteiger partial charge on any atom is -0.480 e. The fourth-order valence-corrected chi connectivity index (χ4v) is 2.14. The summed E-state index contributed by atoms with van der Waals surface area (Å²) in [7, 11) is 1.25. The van der Waals surface area contributed by atoms with Crippen LogP contribution in [0.3, 0.4) is 0 Å². The number of amides is 2. The molecule has 0 aromatic rings. The molecule has 1 saturated heterocycles. The molecule has 112 valence electrons. The number of esters is 1. The molecule has 1 aliphatic heterocycles. The average molecular weight is 286 g/mol. The molecule has 2 aliphatic rings. The van der Waals surface area contributed by atoms with Crippen molar-refractivity contribution in [1.29, 1.82) is 0 Å². The maximum absolute atomic E-state index is 12.0. The first-order valence-electron chi connectivity index (χ1n) is 6.50. The summed E-state index contributed by atoms with van der Waals surface area (Å²) in [5, 5.41) is 11.6. The van der Waals surface area contributed by atoms with Crippen LogP contribution in [0.4, 0.5) is 4.79 Å². The van der Waals surface area contributed by atoms with Crippen LogP contribution in [-0.4, -0.2) is 66.9 Å². The quantitative estimate of drug-likeness (QED) is 0.671. The van der Waals surface area contributed by atoms with Gasteiger partial charge in [-0.3, -0.25) is 0 Å². The molecule has 20 heavy (non-hydrogen) atoms. The third-order valence-electron chi connectivity index (χ3n) is 3.46. The Labute approximate surface area is 116 Å². The van der Waals surface area contributed by atoms with Crippen molar-refractivity contribution in [2.24, 2.45) is 5.92 Å². The van der Waals surface area contributed by atoms with E-state index in [-0.39, 0.29) is 19.1 Å². The van der Waals surface area contributed by atoms with E-state index in [1.807, 2.05) is 0 Å². The Bertz CT molecular complexity index is 409. The number of carboxylic acids is 1. The van der Waals surface area contributed by atoms with Crippen molar-refractivity contribution in [3.8, 4) is 0 Å². The molecule has 1 aliphatic carbocycles. The van der Waals surface area contributed by atoms with Crippen molar-refractivity contribution in [2.45, 2.75) is 25.0 Å². The Morgan fingerprint density at radius 3 is 2.65 bits per heavy atom. The van der Waals surface area contributed by atoms with E-state index < -0.39 is 30.1 Å². The third-order valence-corrected chi connectivity index (χ3v) is 3.46. The van der Waals surface area contributed by atoms with E-state index in [1.165, 1.54) is 12.0 Å². The summed E-state index contributed by atoms with van der Waals surface area (Å²) in [6, 6.07) is -1.34. The van der Waals surface area contributed by atoms with E-state index in [9.17, 15) is 14.4 Å². The predicted molar refractivity (Wildman–Crippen MR) is 66.0 cm³/mol. The van der Waals surface area contributed by atoms with Crippen molar-refractivity contribution in [2.75, 3.05) is 26.8 Å². The van der Waals surface area contributed by atoms with E-state index in [0.29, 0.717) is 6.54 Å². The van der Waals surface area contributed by atoms with Crippen molar-refractivity contribution in [1.82, 2.24) is 10.2 Å². The number of hydrogen-bond acceptors (Lipinski definition) is 5. The largest absolute Gasteiger partial charge is 0.480 e. The molecule has 0 bridgehead atoms. The molecule has 8 nitrogen and oxygen atoms in total. The van der Waals surface area contributed by atoms with Crippen molar-refractivity contribution < 1.29 is 29.0 Å². The highest BCUT2D eigenvalue weighted by atomic mass is 16.6. The fourth-order valence-electron chi connectivity index (χ4n) is 2.14. The lowest BCUT2D eigenvalue weighted by molar-refractivity contribution is -0.158. The average Bonchev–Trinajstić information content (AvgIpc) is 3.27. The topological polar surface area (TPSA) is 105 Å². The summed E-state index contributed by atoms with van der Waals surface area (Å²) in [6.07, 6.45) is 0.805. The fraction of sp³-hybridized carbons (Fsp3) is 0.750. The molecule has 2 atom stereocenters.